The highest BCUT2D eigenvalue weighted by Crippen LogP contribution is 2.59. The summed E-state index contributed by atoms with van der Waals surface area (Å²) in [5, 5.41) is 6.71. The van der Waals surface area contributed by atoms with Gasteiger partial charge in [-0.05, 0) is 48.4 Å². The van der Waals surface area contributed by atoms with E-state index >= 15 is 0 Å². The number of carbonyl (C=O) groups is 2. The standard InChI is InChI=1S/C32H31N5O5/c1-17(2)25-29-36-26(28-33-22(16-40-28)30(39)37-13-5-6-14-37)27(42-29)32-19-7-3-4-8-21(19)34-31(32)41-23-11-9-18(15-20(23)32)10-12-24(38)35-25/h3-4,7-9,11,15-17,25,31,34H,5-6,10,12-14H2,1-2H3,(H,35,38). The monoisotopic (exact) mass is 565 g/mol. The number of rotatable bonds is 3. The maximum absolute atomic E-state index is 13.2. The molecule has 4 bridgehead atoms. The van der Waals surface area contributed by atoms with Crippen LogP contribution in [0, 0.1) is 5.92 Å². The molecule has 2 N–H and O–H groups in total. The fourth-order valence-corrected chi connectivity index (χ4v) is 6.84. The lowest BCUT2D eigenvalue weighted by atomic mass is 9.72. The average molecular weight is 566 g/mol. The summed E-state index contributed by atoms with van der Waals surface area (Å²) in [5.41, 5.74) is 3.56. The summed E-state index contributed by atoms with van der Waals surface area (Å²) in [5.74, 6) is 1.53. The number of aromatic nitrogens is 2. The number of nitrogens with one attached hydrogen (secondary N) is 2. The molecule has 214 valence electrons. The van der Waals surface area contributed by atoms with Crippen LogP contribution in [0.25, 0.3) is 11.6 Å². The van der Waals surface area contributed by atoms with Gasteiger partial charge in [-0.1, -0.05) is 44.2 Å². The van der Waals surface area contributed by atoms with Gasteiger partial charge in [0.1, 0.15) is 23.5 Å². The number of benzene rings is 2. The maximum atomic E-state index is 13.2. The minimum Gasteiger partial charge on any atom is -0.469 e. The van der Waals surface area contributed by atoms with Gasteiger partial charge >= 0.3 is 0 Å². The molecule has 2 amide bonds. The first-order valence-corrected chi connectivity index (χ1v) is 14.7. The van der Waals surface area contributed by atoms with E-state index in [1.54, 1.807) is 4.90 Å². The molecule has 4 aromatic rings. The summed E-state index contributed by atoms with van der Waals surface area (Å²) in [7, 11) is 0. The Hall–Kier alpha value is -4.60. The first-order chi connectivity index (χ1) is 20.4. The van der Waals surface area contributed by atoms with Crippen molar-refractivity contribution in [1.82, 2.24) is 20.2 Å². The van der Waals surface area contributed by atoms with Gasteiger partial charge in [-0.2, -0.15) is 0 Å². The van der Waals surface area contributed by atoms with E-state index in [0.717, 1.165) is 41.0 Å². The van der Waals surface area contributed by atoms with Crippen LogP contribution in [0.2, 0.25) is 0 Å². The minimum absolute atomic E-state index is 0.0105. The minimum atomic E-state index is -0.916. The number of hydrogen-bond acceptors (Lipinski definition) is 8. The highest BCUT2D eigenvalue weighted by Gasteiger charge is 2.61. The lowest BCUT2D eigenvalue weighted by Gasteiger charge is -2.27. The van der Waals surface area contributed by atoms with Crippen molar-refractivity contribution >= 4 is 17.5 Å². The molecule has 3 unspecified atom stereocenters. The Bertz CT molecular complexity index is 1730. The molecule has 0 radical (unpaired) electrons. The number of likely N-dealkylation sites (tertiary alicyclic amines) is 1. The summed E-state index contributed by atoms with van der Waals surface area (Å²) in [6, 6.07) is 13.7. The smallest absolute Gasteiger partial charge is 0.275 e. The van der Waals surface area contributed by atoms with Crippen molar-refractivity contribution in [2.75, 3.05) is 18.4 Å². The molecular weight excluding hydrogens is 534 g/mol. The topological polar surface area (TPSA) is 123 Å². The van der Waals surface area contributed by atoms with Gasteiger partial charge in [0.05, 0.1) is 0 Å². The zero-order valence-corrected chi connectivity index (χ0v) is 23.5. The molecule has 10 nitrogen and oxygen atoms in total. The van der Waals surface area contributed by atoms with Crippen LogP contribution < -0.4 is 15.4 Å². The summed E-state index contributed by atoms with van der Waals surface area (Å²) in [6.07, 6.45) is 3.75. The Morgan fingerprint density at radius 3 is 2.71 bits per heavy atom. The third kappa shape index (κ3) is 3.57. The normalized spacial score (nSPS) is 23.9. The van der Waals surface area contributed by atoms with Crippen molar-refractivity contribution in [3.63, 3.8) is 0 Å². The zero-order valence-electron chi connectivity index (χ0n) is 23.5. The average Bonchev–Trinajstić information content (AvgIpc) is 3.81. The van der Waals surface area contributed by atoms with E-state index in [9.17, 15) is 9.59 Å². The van der Waals surface area contributed by atoms with Crippen LogP contribution in [0.3, 0.4) is 0 Å². The number of oxazole rings is 2. The van der Waals surface area contributed by atoms with Crippen LogP contribution in [-0.4, -0.2) is 46.0 Å². The molecule has 4 aliphatic rings. The molecule has 1 saturated heterocycles. The number of ether oxygens (including phenoxy) is 1. The highest BCUT2D eigenvalue weighted by atomic mass is 16.5. The zero-order chi connectivity index (χ0) is 28.6. The van der Waals surface area contributed by atoms with Crippen LogP contribution in [0.1, 0.15) is 78.0 Å². The SMILES string of the molecule is CC(C)C1NC(=O)CCc2ccc3c(c2)C2(c4ccccc4NC2O3)c2oc1nc2-c1nc(C(=O)N2CCCC2)co1. The van der Waals surface area contributed by atoms with Crippen molar-refractivity contribution in [3.8, 4) is 17.3 Å². The van der Waals surface area contributed by atoms with Crippen LogP contribution in [0.15, 0.2) is 57.6 Å². The first kappa shape index (κ1) is 25.1. The number of carbonyl (C=O) groups excluding carboxylic acids is 2. The highest BCUT2D eigenvalue weighted by molar-refractivity contribution is 5.92. The van der Waals surface area contributed by atoms with E-state index in [1.165, 1.54) is 6.26 Å². The number of nitrogens with zero attached hydrogens (tertiary/aromatic N) is 3. The predicted molar refractivity (Wildman–Crippen MR) is 152 cm³/mol. The van der Waals surface area contributed by atoms with Crippen LogP contribution in [-0.2, 0) is 16.6 Å². The van der Waals surface area contributed by atoms with E-state index in [1.807, 2.05) is 44.2 Å². The van der Waals surface area contributed by atoms with E-state index < -0.39 is 17.7 Å². The number of amides is 2. The summed E-state index contributed by atoms with van der Waals surface area (Å²) >= 11 is 0. The molecule has 6 heterocycles. The molecular formula is C32H31N5O5. The molecule has 1 spiro atoms. The van der Waals surface area contributed by atoms with Crippen molar-refractivity contribution < 1.29 is 23.2 Å². The molecule has 8 rings (SSSR count). The molecule has 10 heteroatoms. The maximum Gasteiger partial charge on any atom is 0.275 e. The van der Waals surface area contributed by atoms with Crippen molar-refractivity contribution in [2.45, 2.75) is 57.2 Å². The van der Waals surface area contributed by atoms with Gasteiger partial charge < -0.3 is 29.1 Å². The molecule has 3 atom stereocenters. The second-order valence-electron chi connectivity index (χ2n) is 11.9. The van der Waals surface area contributed by atoms with Gasteiger partial charge in [0.2, 0.25) is 17.7 Å². The van der Waals surface area contributed by atoms with E-state index in [0.29, 0.717) is 43.3 Å². The number of para-hydroxylation sites is 1. The summed E-state index contributed by atoms with van der Waals surface area (Å²) in [4.78, 5) is 37.7. The molecule has 42 heavy (non-hydrogen) atoms. The number of hydrogen-bond donors (Lipinski definition) is 2. The van der Waals surface area contributed by atoms with E-state index in [4.69, 9.17) is 18.6 Å². The second kappa shape index (κ2) is 9.20. The fourth-order valence-electron chi connectivity index (χ4n) is 6.84. The van der Waals surface area contributed by atoms with Gasteiger partial charge in [0, 0.05) is 30.8 Å². The van der Waals surface area contributed by atoms with Gasteiger partial charge in [-0.25, -0.2) is 9.97 Å². The van der Waals surface area contributed by atoms with Gasteiger partial charge in [-0.15, -0.1) is 0 Å². The van der Waals surface area contributed by atoms with Crippen molar-refractivity contribution in [1.29, 1.82) is 0 Å². The van der Waals surface area contributed by atoms with Gasteiger partial charge in [0.25, 0.3) is 5.91 Å². The van der Waals surface area contributed by atoms with Gasteiger partial charge in [0.15, 0.2) is 23.4 Å². The van der Waals surface area contributed by atoms with Gasteiger partial charge in [-0.3, -0.25) is 9.59 Å². The Kier molecular flexibility index (Phi) is 5.51. The lowest BCUT2D eigenvalue weighted by Crippen LogP contribution is -2.40. The Balaban J connectivity index is 1.39. The molecule has 0 aliphatic carbocycles. The van der Waals surface area contributed by atoms with E-state index in [2.05, 4.69) is 27.8 Å². The quantitative estimate of drug-likeness (QED) is 0.363. The Morgan fingerprint density at radius 2 is 1.88 bits per heavy atom. The van der Waals surface area contributed by atoms with Crippen LogP contribution in [0.4, 0.5) is 5.69 Å². The summed E-state index contributed by atoms with van der Waals surface area (Å²) < 4.78 is 19.3. The number of anilines is 1. The predicted octanol–water partition coefficient (Wildman–Crippen LogP) is 4.80. The molecule has 2 aromatic carbocycles. The molecule has 4 aliphatic heterocycles. The van der Waals surface area contributed by atoms with Crippen LogP contribution in [0.5, 0.6) is 5.75 Å². The molecule has 0 saturated carbocycles. The third-order valence-corrected chi connectivity index (χ3v) is 8.96. The first-order valence-electron chi connectivity index (χ1n) is 14.7. The van der Waals surface area contributed by atoms with E-state index in [-0.39, 0.29) is 29.3 Å². The van der Waals surface area contributed by atoms with Crippen molar-refractivity contribution in [3.05, 3.63) is 82.8 Å². The third-order valence-electron chi connectivity index (χ3n) is 8.96. The second-order valence-corrected chi connectivity index (χ2v) is 11.9. The Labute approximate surface area is 242 Å². The lowest BCUT2D eigenvalue weighted by molar-refractivity contribution is -0.122. The molecule has 2 aromatic heterocycles. The summed E-state index contributed by atoms with van der Waals surface area (Å²) in [6.45, 7) is 5.45. The fraction of sp³-hybridized carbons (Fsp3) is 0.375. The van der Waals surface area contributed by atoms with Crippen molar-refractivity contribution in [2.24, 2.45) is 5.92 Å². The largest absolute Gasteiger partial charge is 0.469 e. The number of fused-ring (bicyclic) bond motifs is 4. The van der Waals surface area contributed by atoms with Crippen LogP contribution >= 0.6 is 0 Å². The number of aryl methyl sites for hydroxylation is 1. The molecule has 1 fully saturated rings. The Morgan fingerprint density at radius 1 is 1.05 bits per heavy atom.